The molecule has 2 fully saturated rings. The number of carbonyl (C=O) groups is 1. The number of pyridine rings is 2. The van der Waals surface area contributed by atoms with Gasteiger partial charge in [0.15, 0.2) is 11.6 Å². The molecule has 1 saturated carbocycles. The third-order valence-electron chi connectivity index (χ3n) is 6.69. The van der Waals surface area contributed by atoms with Crippen LogP contribution < -0.4 is 27.0 Å². The molecule has 0 spiro atoms. The first-order valence-electron chi connectivity index (χ1n) is 12.0. The smallest absolute Gasteiger partial charge is 0.252 e. The van der Waals surface area contributed by atoms with Gasteiger partial charge in [-0.15, -0.1) is 0 Å². The maximum Gasteiger partial charge on any atom is 0.252 e. The van der Waals surface area contributed by atoms with Gasteiger partial charge in [0.1, 0.15) is 5.82 Å². The number of nitrogens with one attached hydrogen (secondary N) is 2. The number of hydrogen-bond acceptors (Lipinski definition) is 8. The summed E-state index contributed by atoms with van der Waals surface area (Å²) in [5.41, 5.74) is 14.2. The van der Waals surface area contributed by atoms with Gasteiger partial charge in [-0.3, -0.25) is 9.78 Å². The summed E-state index contributed by atoms with van der Waals surface area (Å²) in [5.74, 6) is -1.21. The van der Waals surface area contributed by atoms with Crippen LogP contribution >= 0.6 is 0 Å². The molecule has 10 heteroatoms. The molecule has 184 valence electrons. The Hall–Kier alpha value is -3.50. The molecule has 1 amide bonds. The number of nitrogens with two attached hydrogens (primary N) is 2. The predicted octanol–water partition coefficient (Wildman–Crippen LogP) is 3.13. The molecule has 0 unspecified atom stereocenters. The Morgan fingerprint density at radius 2 is 1.91 bits per heavy atom. The average Bonchev–Trinajstić information content (AvgIpc) is 2.87. The number of amides is 1. The molecule has 2 aliphatic rings. The van der Waals surface area contributed by atoms with Crippen molar-refractivity contribution in [1.29, 1.82) is 0 Å². The van der Waals surface area contributed by atoms with E-state index in [1.807, 2.05) is 18.2 Å². The highest BCUT2D eigenvalue weighted by Gasteiger charge is 2.24. The number of hydrogen-bond donors (Lipinski definition) is 4. The van der Waals surface area contributed by atoms with Crippen molar-refractivity contribution in [2.75, 3.05) is 41.8 Å². The van der Waals surface area contributed by atoms with Crippen molar-refractivity contribution in [3.05, 3.63) is 47.9 Å². The van der Waals surface area contributed by atoms with Crippen molar-refractivity contribution in [2.45, 2.75) is 37.8 Å². The first-order chi connectivity index (χ1) is 17.0. The van der Waals surface area contributed by atoms with Crippen LogP contribution in [0.25, 0.3) is 10.9 Å². The Labute approximate surface area is 203 Å². The van der Waals surface area contributed by atoms with E-state index >= 15 is 0 Å². The van der Waals surface area contributed by atoms with Crippen molar-refractivity contribution in [1.82, 2.24) is 9.97 Å². The molecular formula is C25H30FN7O2. The zero-order valence-electron chi connectivity index (χ0n) is 19.5. The Morgan fingerprint density at radius 3 is 2.69 bits per heavy atom. The second-order valence-corrected chi connectivity index (χ2v) is 9.10. The Balaban J connectivity index is 1.41. The summed E-state index contributed by atoms with van der Waals surface area (Å²) in [6, 6.07) is 8.96. The van der Waals surface area contributed by atoms with Gasteiger partial charge in [0.05, 0.1) is 36.2 Å². The third-order valence-corrected chi connectivity index (χ3v) is 6.69. The fourth-order valence-electron chi connectivity index (χ4n) is 4.72. The molecule has 1 saturated heterocycles. The summed E-state index contributed by atoms with van der Waals surface area (Å²) < 4.78 is 20.2. The van der Waals surface area contributed by atoms with E-state index in [1.54, 1.807) is 6.20 Å². The first-order valence-corrected chi connectivity index (χ1v) is 12.0. The summed E-state index contributed by atoms with van der Waals surface area (Å²) in [5, 5.41) is 7.14. The number of rotatable bonds is 6. The molecule has 0 radical (unpaired) electrons. The lowest BCUT2D eigenvalue weighted by Gasteiger charge is -2.30. The van der Waals surface area contributed by atoms with E-state index in [0.717, 1.165) is 61.4 Å². The van der Waals surface area contributed by atoms with Crippen LogP contribution in [-0.4, -0.2) is 54.3 Å². The lowest BCUT2D eigenvalue weighted by molar-refractivity contribution is 0.100. The number of carbonyl (C=O) groups excluding carboxylic acids is 1. The van der Waals surface area contributed by atoms with Crippen LogP contribution in [0, 0.1) is 5.82 Å². The van der Waals surface area contributed by atoms with Crippen molar-refractivity contribution in [3.63, 3.8) is 0 Å². The van der Waals surface area contributed by atoms with Gasteiger partial charge in [-0.25, -0.2) is 9.37 Å². The summed E-state index contributed by atoms with van der Waals surface area (Å²) in [4.78, 5) is 23.2. The van der Waals surface area contributed by atoms with Gasteiger partial charge in [-0.1, -0.05) is 18.9 Å². The van der Waals surface area contributed by atoms with E-state index in [2.05, 4.69) is 31.6 Å². The van der Waals surface area contributed by atoms with Crippen molar-refractivity contribution >= 4 is 39.8 Å². The second kappa shape index (κ2) is 10.0. The standard InChI is InChI=1S/C25H30FN7O2/c26-19-13-18(23(28)34)24(32-25(19)31-21-4-2-1-3-20(21)27)30-16-11-15-5-6-17(12-22(15)29-14-16)33-7-9-35-10-8-33/h5-6,11-14,20-21H,1-4,7-10,27H2,(H2,28,34)(H2,30,31,32)/t20-,21+/m0/s1. The highest BCUT2D eigenvalue weighted by molar-refractivity contribution is 5.99. The van der Waals surface area contributed by atoms with E-state index < -0.39 is 11.7 Å². The number of nitrogens with zero attached hydrogens (tertiary/aromatic N) is 3. The summed E-state index contributed by atoms with van der Waals surface area (Å²) in [6.07, 6.45) is 5.45. The van der Waals surface area contributed by atoms with Crippen molar-refractivity contribution in [3.8, 4) is 0 Å². The van der Waals surface area contributed by atoms with Crippen molar-refractivity contribution in [2.24, 2.45) is 11.5 Å². The van der Waals surface area contributed by atoms with E-state index in [0.29, 0.717) is 18.9 Å². The molecule has 1 aromatic carbocycles. The van der Waals surface area contributed by atoms with Crippen molar-refractivity contribution < 1.29 is 13.9 Å². The highest BCUT2D eigenvalue weighted by atomic mass is 19.1. The van der Waals surface area contributed by atoms with Gasteiger partial charge in [0.25, 0.3) is 5.91 Å². The first kappa shape index (κ1) is 23.3. The summed E-state index contributed by atoms with van der Waals surface area (Å²) in [6.45, 7) is 3.12. The van der Waals surface area contributed by atoms with Gasteiger partial charge in [0.2, 0.25) is 0 Å². The normalized spacial score (nSPS) is 20.6. The number of aromatic nitrogens is 2. The van der Waals surface area contributed by atoms with Gasteiger partial charge < -0.3 is 31.7 Å². The van der Waals surface area contributed by atoms with Crippen LogP contribution in [0.5, 0.6) is 0 Å². The topological polar surface area (TPSA) is 131 Å². The number of halogens is 1. The van der Waals surface area contributed by atoms with E-state index in [4.69, 9.17) is 16.2 Å². The average molecular weight is 480 g/mol. The van der Waals surface area contributed by atoms with E-state index in [9.17, 15) is 9.18 Å². The predicted molar refractivity (Wildman–Crippen MR) is 135 cm³/mol. The molecule has 3 heterocycles. The fraction of sp³-hybridized carbons (Fsp3) is 0.400. The zero-order valence-corrected chi connectivity index (χ0v) is 19.5. The van der Waals surface area contributed by atoms with Gasteiger partial charge >= 0.3 is 0 Å². The summed E-state index contributed by atoms with van der Waals surface area (Å²) in [7, 11) is 0. The number of ether oxygens (including phenoxy) is 1. The number of benzene rings is 1. The SMILES string of the molecule is NC(=O)c1cc(F)c(N[C@@H]2CCCC[C@@H]2N)nc1Nc1cnc2cc(N3CCOCC3)ccc2c1. The molecule has 1 aliphatic carbocycles. The number of primary amides is 1. The van der Waals surface area contributed by atoms with Crippen LogP contribution in [0.1, 0.15) is 36.0 Å². The Bertz CT molecular complexity index is 1230. The monoisotopic (exact) mass is 479 g/mol. The second-order valence-electron chi connectivity index (χ2n) is 9.10. The number of fused-ring (bicyclic) bond motifs is 1. The van der Waals surface area contributed by atoms with Crippen LogP contribution in [0.3, 0.4) is 0 Å². The van der Waals surface area contributed by atoms with E-state index in [1.165, 1.54) is 0 Å². The zero-order chi connectivity index (χ0) is 24.4. The van der Waals surface area contributed by atoms with Crippen LogP contribution in [0.4, 0.5) is 27.4 Å². The van der Waals surface area contributed by atoms with E-state index in [-0.39, 0.29) is 29.3 Å². The number of morpholine rings is 1. The fourth-order valence-corrected chi connectivity index (χ4v) is 4.72. The highest BCUT2D eigenvalue weighted by Crippen LogP contribution is 2.28. The minimum atomic E-state index is -0.774. The molecule has 9 nitrogen and oxygen atoms in total. The third kappa shape index (κ3) is 5.13. The summed E-state index contributed by atoms with van der Waals surface area (Å²) >= 11 is 0. The lowest BCUT2D eigenvalue weighted by Crippen LogP contribution is -2.43. The molecule has 35 heavy (non-hydrogen) atoms. The van der Waals surface area contributed by atoms with Gasteiger partial charge in [-0.2, -0.15) is 0 Å². The van der Waals surface area contributed by atoms with Gasteiger partial charge in [0, 0.05) is 36.2 Å². The molecule has 2 atom stereocenters. The Kier molecular flexibility index (Phi) is 6.65. The Morgan fingerprint density at radius 1 is 1.11 bits per heavy atom. The maximum absolute atomic E-state index is 14.8. The number of anilines is 4. The van der Waals surface area contributed by atoms with Crippen LogP contribution in [0.2, 0.25) is 0 Å². The molecule has 2 aromatic heterocycles. The molecule has 6 N–H and O–H groups in total. The minimum Gasteiger partial charge on any atom is -0.378 e. The molecule has 3 aromatic rings. The maximum atomic E-state index is 14.8. The van der Waals surface area contributed by atoms with Crippen LogP contribution in [0.15, 0.2) is 36.5 Å². The molecule has 5 rings (SSSR count). The lowest BCUT2D eigenvalue weighted by atomic mass is 9.91. The molecule has 1 aliphatic heterocycles. The van der Waals surface area contributed by atoms with Crippen LogP contribution in [-0.2, 0) is 4.74 Å². The quantitative estimate of drug-likeness (QED) is 0.424. The minimum absolute atomic E-state index is 0.0382. The molecule has 0 bridgehead atoms. The molecular weight excluding hydrogens is 449 g/mol. The largest absolute Gasteiger partial charge is 0.378 e. The van der Waals surface area contributed by atoms with Gasteiger partial charge in [-0.05, 0) is 37.1 Å².